The minimum Gasteiger partial charge on any atom is -0.503 e. The van der Waals surface area contributed by atoms with Gasteiger partial charge in [0.25, 0.3) is 5.91 Å². The van der Waals surface area contributed by atoms with Gasteiger partial charge >= 0.3 is 0 Å². The largest absolute Gasteiger partial charge is 0.503 e. The van der Waals surface area contributed by atoms with E-state index in [9.17, 15) is 14.7 Å². The zero-order valence-corrected chi connectivity index (χ0v) is 15.4. The molecule has 1 aliphatic rings. The maximum Gasteiger partial charge on any atom is 0.294 e. The minimum absolute atomic E-state index is 0.137. The number of carbonyl (C=O) groups excluding carboxylic acids is 2. The van der Waals surface area contributed by atoms with E-state index in [4.69, 9.17) is 0 Å². The van der Waals surface area contributed by atoms with Gasteiger partial charge in [0.2, 0.25) is 0 Å². The predicted molar refractivity (Wildman–Crippen MR) is 99.9 cm³/mol. The smallest absolute Gasteiger partial charge is 0.294 e. The lowest BCUT2D eigenvalue weighted by atomic mass is 9.91. The van der Waals surface area contributed by atoms with Crippen LogP contribution in [-0.4, -0.2) is 21.8 Å². The van der Waals surface area contributed by atoms with Crippen LogP contribution in [-0.2, 0) is 9.59 Å². The van der Waals surface area contributed by atoms with Crippen molar-refractivity contribution in [2.75, 3.05) is 4.90 Å². The number of hydrogen-bond donors (Lipinski definition) is 1. The van der Waals surface area contributed by atoms with Gasteiger partial charge in [-0.15, -0.1) is 0 Å². The van der Waals surface area contributed by atoms with Gasteiger partial charge in [0, 0.05) is 24.0 Å². The molecule has 1 aromatic heterocycles. The molecule has 0 bridgehead atoms. The number of anilines is 1. The molecule has 0 fully saturated rings. The van der Waals surface area contributed by atoms with Crippen LogP contribution < -0.4 is 4.90 Å². The van der Waals surface area contributed by atoms with E-state index in [-0.39, 0.29) is 17.3 Å². The Morgan fingerprint density at radius 3 is 2.54 bits per heavy atom. The van der Waals surface area contributed by atoms with Gasteiger partial charge in [-0.05, 0) is 37.1 Å². The molecule has 3 rings (SSSR count). The lowest BCUT2D eigenvalue weighted by Crippen LogP contribution is -2.32. The third-order valence-electron chi connectivity index (χ3n) is 4.61. The average molecular weight is 350 g/mol. The second kappa shape index (κ2) is 6.75. The van der Waals surface area contributed by atoms with E-state index in [2.05, 4.69) is 4.98 Å². The number of aromatic nitrogens is 1. The van der Waals surface area contributed by atoms with Crippen molar-refractivity contribution in [1.82, 2.24) is 4.98 Å². The van der Waals surface area contributed by atoms with Crippen LogP contribution in [0.2, 0.25) is 0 Å². The Morgan fingerprint density at radius 2 is 1.96 bits per heavy atom. The van der Waals surface area contributed by atoms with Crippen molar-refractivity contribution in [3.63, 3.8) is 0 Å². The van der Waals surface area contributed by atoms with Crippen molar-refractivity contribution in [3.8, 4) is 0 Å². The van der Waals surface area contributed by atoms with E-state index in [1.165, 1.54) is 4.90 Å². The van der Waals surface area contributed by atoms with Crippen molar-refractivity contribution in [3.05, 3.63) is 70.7 Å². The quantitative estimate of drug-likeness (QED) is 0.910. The summed E-state index contributed by atoms with van der Waals surface area (Å²) in [6.07, 6.45) is 3.26. The zero-order valence-electron chi connectivity index (χ0n) is 15.4. The first-order valence-corrected chi connectivity index (χ1v) is 8.61. The van der Waals surface area contributed by atoms with Gasteiger partial charge < -0.3 is 5.11 Å². The number of nitrogens with zero attached hydrogens (tertiary/aromatic N) is 2. The number of rotatable bonds is 4. The molecule has 2 heterocycles. The first kappa shape index (κ1) is 17.9. The Labute approximate surface area is 153 Å². The first-order chi connectivity index (χ1) is 12.3. The van der Waals surface area contributed by atoms with Crippen molar-refractivity contribution in [2.24, 2.45) is 5.92 Å². The van der Waals surface area contributed by atoms with Crippen LogP contribution in [0.15, 0.2) is 54.1 Å². The summed E-state index contributed by atoms with van der Waals surface area (Å²) in [5, 5.41) is 10.5. The van der Waals surface area contributed by atoms with Gasteiger partial charge in [-0.25, -0.2) is 0 Å². The molecule has 1 atom stereocenters. The molecular formula is C21H22N2O3. The summed E-state index contributed by atoms with van der Waals surface area (Å²) in [6.45, 7) is 7.40. The maximum atomic E-state index is 12.9. The molecule has 0 spiro atoms. The number of benzene rings is 1. The number of aryl methyl sites for hydroxylation is 2. The lowest BCUT2D eigenvalue weighted by Gasteiger charge is -2.28. The van der Waals surface area contributed by atoms with E-state index < -0.39 is 17.7 Å². The molecule has 2 aromatic rings. The van der Waals surface area contributed by atoms with Gasteiger partial charge in [0.15, 0.2) is 11.5 Å². The molecule has 134 valence electrons. The fourth-order valence-electron chi connectivity index (χ4n) is 3.35. The molecule has 1 aliphatic heterocycles. The minimum atomic E-state index is -0.687. The number of hydrogen-bond acceptors (Lipinski definition) is 4. The summed E-state index contributed by atoms with van der Waals surface area (Å²) in [4.78, 5) is 31.3. The van der Waals surface area contributed by atoms with E-state index in [0.717, 1.165) is 11.1 Å². The van der Waals surface area contributed by atoms with Crippen LogP contribution in [0.3, 0.4) is 0 Å². The summed E-state index contributed by atoms with van der Waals surface area (Å²) in [5.74, 6) is -1.61. The third kappa shape index (κ3) is 2.90. The standard InChI is InChI=1S/C21H22N2O3/c1-12(2)19(24)17-18(15-6-5-9-22-11-15)23(21(26)20(17)25)16-8-7-13(3)10-14(16)4/h5-12,18,25H,1-4H3. The molecule has 1 amide bonds. The SMILES string of the molecule is Cc1ccc(N2C(=O)C(O)=C(C(=O)C(C)C)C2c2cccnc2)c(C)c1. The van der Waals surface area contributed by atoms with Crippen LogP contribution in [0.25, 0.3) is 0 Å². The summed E-state index contributed by atoms with van der Waals surface area (Å²) in [6, 6.07) is 8.62. The number of carbonyl (C=O) groups is 2. The van der Waals surface area contributed by atoms with Crippen LogP contribution in [0.4, 0.5) is 5.69 Å². The van der Waals surface area contributed by atoms with Gasteiger partial charge in [0.05, 0.1) is 11.6 Å². The monoisotopic (exact) mass is 350 g/mol. The molecule has 26 heavy (non-hydrogen) atoms. The molecular weight excluding hydrogens is 328 g/mol. The number of ketones is 1. The summed E-state index contributed by atoms with van der Waals surface area (Å²) < 4.78 is 0. The third-order valence-corrected chi connectivity index (χ3v) is 4.61. The highest BCUT2D eigenvalue weighted by Gasteiger charge is 2.45. The second-order valence-electron chi connectivity index (χ2n) is 6.94. The average Bonchev–Trinajstić information content (AvgIpc) is 2.87. The van der Waals surface area contributed by atoms with Crippen molar-refractivity contribution >= 4 is 17.4 Å². The highest BCUT2D eigenvalue weighted by atomic mass is 16.3. The molecule has 1 N–H and O–H groups in total. The Kier molecular flexibility index (Phi) is 4.64. The van der Waals surface area contributed by atoms with Gasteiger partial charge in [0.1, 0.15) is 0 Å². The molecule has 0 aliphatic carbocycles. The summed E-state index contributed by atoms with van der Waals surface area (Å²) in [7, 11) is 0. The molecule has 0 saturated heterocycles. The fourth-order valence-corrected chi connectivity index (χ4v) is 3.35. The van der Waals surface area contributed by atoms with Crippen LogP contribution in [0, 0.1) is 19.8 Å². The first-order valence-electron chi connectivity index (χ1n) is 8.61. The van der Waals surface area contributed by atoms with Crippen LogP contribution in [0.5, 0.6) is 0 Å². The van der Waals surface area contributed by atoms with E-state index in [1.54, 1.807) is 32.3 Å². The number of pyridine rings is 1. The van der Waals surface area contributed by atoms with Gasteiger partial charge in [-0.3, -0.25) is 19.5 Å². The summed E-state index contributed by atoms with van der Waals surface area (Å²) >= 11 is 0. The molecule has 1 unspecified atom stereocenters. The van der Waals surface area contributed by atoms with E-state index >= 15 is 0 Å². The highest BCUT2D eigenvalue weighted by molar-refractivity contribution is 6.17. The topological polar surface area (TPSA) is 70.5 Å². The molecule has 1 aromatic carbocycles. The molecule has 0 saturated carbocycles. The number of aliphatic hydroxyl groups excluding tert-OH is 1. The van der Waals surface area contributed by atoms with Crippen LogP contribution in [0.1, 0.15) is 36.6 Å². The molecule has 0 radical (unpaired) electrons. The zero-order chi connectivity index (χ0) is 19.0. The van der Waals surface area contributed by atoms with Crippen molar-refractivity contribution in [2.45, 2.75) is 33.7 Å². The fraction of sp³-hybridized carbons (Fsp3) is 0.286. The second-order valence-corrected chi connectivity index (χ2v) is 6.94. The number of amides is 1. The Hall–Kier alpha value is -2.95. The highest BCUT2D eigenvalue weighted by Crippen LogP contribution is 2.42. The Balaban J connectivity index is 2.21. The number of aliphatic hydroxyl groups is 1. The predicted octanol–water partition coefficient (Wildman–Crippen LogP) is 3.82. The number of Topliss-reactive ketones (excluding diaryl/α,β-unsaturated/α-hetero) is 1. The van der Waals surface area contributed by atoms with Crippen LogP contribution >= 0.6 is 0 Å². The van der Waals surface area contributed by atoms with Crippen molar-refractivity contribution in [1.29, 1.82) is 0 Å². The van der Waals surface area contributed by atoms with Gasteiger partial charge in [-0.1, -0.05) is 37.6 Å². The Morgan fingerprint density at radius 1 is 1.23 bits per heavy atom. The maximum absolute atomic E-state index is 12.9. The lowest BCUT2D eigenvalue weighted by molar-refractivity contribution is -0.119. The van der Waals surface area contributed by atoms with Crippen molar-refractivity contribution < 1.29 is 14.7 Å². The normalized spacial score (nSPS) is 17.3. The molecule has 5 heteroatoms. The Bertz CT molecular complexity index is 901. The van der Waals surface area contributed by atoms with Gasteiger partial charge in [-0.2, -0.15) is 0 Å². The summed E-state index contributed by atoms with van der Waals surface area (Å²) in [5.41, 5.74) is 3.48. The van der Waals surface area contributed by atoms with E-state index in [1.807, 2.05) is 38.1 Å². The van der Waals surface area contributed by atoms with E-state index in [0.29, 0.717) is 11.3 Å². The molecule has 5 nitrogen and oxygen atoms in total.